The van der Waals surface area contributed by atoms with Crippen molar-refractivity contribution >= 4 is 11.6 Å². The number of ether oxygens (including phenoxy) is 1. The van der Waals surface area contributed by atoms with Gasteiger partial charge < -0.3 is 14.2 Å². The first-order valence-corrected chi connectivity index (χ1v) is 10.8. The van der Waals surface area contributed by atoms with Gasteiger partial charge in [-0.05, 0) is 36.8 Å². The molecular weight excluding hydrogens is 461 g/mol. The van der Waals surface area contributed by atoms with Gasteiger partial charge in [0.05, 0.1) is 36.2 Å². The highest BCUT2D eigenvalue weighted by atomic mass is 19.4. The van der Waals surface area contributed by atoms with Crippen LogP contribution in [0.25, 0.3) is 22.6 Å². The van der Waals surface area contributed by atoms with E-state index in [1.807, 2.05) is 14.0 Å². The monoisotopic (exact) mass is 482 g/mol. The zero-order valence-electron chi connectivity index (χ0n) is 19.2. The molecule has 4 aromatic rings. The van der Waals surface area contributed by atoms with Crippen LogP contribution in [-0.4, -0.2) is 37.1 Å². The van der Waals surface area contributed by atoms with E-state index in [1.165, 1.54) is 17.0 Å². The number of hydrogen-bond acceptors (Lipinski definition) is 5. The summed E-state index contributed by atoms with van der Waals surface area (Å²) >= 11 is 0. The fraction of sp³-hybridized carbons (Fsp3) is 0.250. The van der Waals surface area contributed by atoms with E-state index in [2.05, 4.69) is 15.3 Å². The van der Waals surface area contributed by atoms with Crippen molar-refractivity contribution in [3.05, 3.63) is 65.6 Å². The Morgan fingerprint density at radius 2 is 1.91 bits per heavy atom. The molecule has 35 heavy (non-hydrogen) atoms. The van der Waals surface area contributed by atoms with Crippen molar-refractivity contribution in [1.82, 2.24) is 24.5 Å². The van der Waals surface area contributed by atoms with Gasteiger partial charge in [0.2, 0.25) is 0 Å². The molecule has 0 radical (unpaired) electrons. The van der Waals surface area contributed by atoms with E-state index >= 15 is 0 Å². The summed E-state index contributed by atoms with van der Waals surface area (Å²) in [5, 5.41) is 12.5. The second-order valence-electron chi connectivity index (χ2n) is 8.17. The van der Waals surface area contributed by atoms with Crippen LogP contribution in [0.2, 0.25) is 0 Å². The lowest BCUT2D eigenvalue weighted by Gasteiger charge is -2.19. The van der Waals surface area contributed by atoms with Gasteiger partial charge in [-0.1, -0.05) is 6.07 Å². The smallest absolute Gasteiger partial charge is 0.416 e. The van der Waals surface area contributed by atoms with Crippen LogP contribution in [0.5, 0.6) is 5.75 Å². The minimum Gasteiger partial charge on any atom is -0.494 e. The maximum absolute atomic E-state index is 13.6. The van der Waals surface area contributed by atoms with Crippen molar-refractivity contribution in [2.75, 3.05) is 11.5 Å². The fourth-order valence-corrected chi connectivity index (χ4v) is 4.40. The topological polar surface area (TPSA) is 78.1 Å². The summed E-state index contributed by atoms with van der Waals surface area (Å²) in [6.45, 7) is 2.01. The molecule has 180 valence electrons. The Labute approximate surface area is 198 Å². The Hall–Kier alpha value is -4.15. The van der Waals surface area contributed by atoms with Gasteiger partial charge in [0, 0.05) is 37.0 Å². The standard InChI is InChI=1S/C24H21F3N6O2/c1-4-35-16-9-14(21-18(11-29-32(21)3)22-30-28-13-31(22)2)8-15(10-16)33-12-19-17(23(33)34)6-5-7-20(19)24(25,26)27/h5-11,13H,4,12H2,1-3H3. The highest BCUT2D eigenvalue weighted by Crippen LogP contribution is 2.41. The van der Waals surface area contributed by atoms with E-state index in [4.69, 9.17) is 4.74 Å². The average Bonchev–Trinajstić information content (AvgIpc) is 3.50. The number of aryl methyl sites for hydroxylation is 2. The van der Waals surface area contributed by atoms with Crippen LogP contribution in [-0.2, 0) is 26.8 Å². The summed E-state index contributed by atoms with van der Waals surface area (Å²) in [6, 6.07) is 8.89. The van der Waals surface area contributed by atoms with Gasteiger partial charge in [-0.15, -0.1) is 10.2 Å². The summed E-state index contributed by atoms with van der Waals surface area (Å²) in [5.74, 6) is 0.574. The second kappa shape index (κ2) is 8.26. The first-order chi connectivity index (χ1) is 16.7. The lowest BCUT2D eigenvalue weighted by molar-refractivity contribution is -0.138. The first-order valence-electron chi connectivity index (χ1n) is 10.8. The molecule has 1 amide bonds. The maximum atomic E-state index is 13.6. The van der Waals surface area contributed by atoms with E-state index in [9.17, 15) is 18.0 Å². The number of nitrogens with zero attached hydrogens (tertiary/aromatic N) is 6. The number of carbonyl (C=O) groups is 1. The fourth-order valence-electron chi connectivity index (χ4n) is 4.40. The highest BCUT2D eigenvalue weighted by molar-refractivity contribution is 6.10. The molecule has 0 N–H and O–H groups in total. The molecule has 1 aliphatic heterocycles. The van der Waals surface area contributed by atoms with Crippen LogP contribution in [0.3, 0.4) is 0 Å². The van der Waals surface area contributed by atoms with Gasteiger partial charge in [0.25, 0.3) is 5.91 Å². The number of hydrogen-bond donors (Lipinski definition) is 0. The lowest BCUT2D eigenvalue weighted by Crippen LogP contribution is -2.23. The highest BCUT2D eigenvalue weighted by Gasteiger charge is 2.39. The van der Waals surface area contributed by atoms with Crippen molar-refractivity contribution in [1.29, 1.82) is 0 Å². The maximum Gasteiger partial charge on any atom is 0.416 e. The van der Waals surface area contributed by atoms with E-state index in [1.54, 1.807) is 47.0 Å². The van der Waals surface area contributed by atoms with Crippen LogP contribution in [0.4, 0.5) is 18.9 Å². The largest absolute Gasteiger partial charge is 0.494 e. The van der Waals surface area contributed by atoms with Gasteiger partial charge in [0.1, 0.15) is 12.1 Å². The van der Waals surface area contributed by atoms with Gasteiger partial charge in [0.15, 0.2) is 5.82 Å². The van der Waals surface area contributed by atoms with Crippen LogP contribution >= 0.6 is 0 Å². The minimum absolute atomic E-state index is 0.0336. The van der Waals surface area contributed by atoms with E-state index in [0.717, 1.165) is 6.07 Å². The molecule has 1 aliphatic rings. The number of aromatic nitrogens is 5. The Morgan fingerprint density at radius 3 is 2.60 bits per heavy atom. The van der Waals surface area contributed by atoms with Crippen LogP contribution in [0, 0.1) is 0 Å². The molecule has 0 spiro atoms. The normalized spacial score (nSPS) is 13.4. The Balaban J connectivity index is 1.63. The average molecular weight is 482 g/mol. The predicted octanol–water partition coefficient (Wildman–Crippen LogP) is 4.46. The quantitative estimate of drug-likeness (QED) is 0.420. The first kappa shape index (κ1) is 22.6. The zero-order chi connectivity index (χ0) is 24.9. The van der Waals surface area contributed by atoms with Crippen molar-refractivity contribution in [2.45, 2.75) is 19.6 Å². The zero-order valence-corrected chi connectivity index (χ0v) is 19.2. The number of benzene rings is 2. The predicted molar refractivity (Wildman–Crippen MR) is 122 cm³/mol. The third kappa shape index (κ3) is 3.82. The molecule has 5 rings (SSSR count). The summed E-state index contributed by atoms with van der Waals surface area (Å²) in [4.78, 5) is 14.5. The van der Waals surface area contributed by atoms with Gasteiger partial charge in [-0.25, -0.2) is 0 Å². The second-order valence-corrected chi connectivity index (χ2v) is 8.17. The molecular formula is C24H21F3N6O2. The molecule has 0 saturated heterocycles. The summed E-state index contributed by atoms with van der Waals surface area (Å²) < 4.78 is 50.0. The number of rotatable bonds is 5. The lowest BCUT2D eigenvalue weighted by atomic mass is 10.0. The molecule has 0 atom stereocenters. The summed E-state index contributed by atoms with van der Waals surface area (Å²) in [5.41, 5.74) is 1.71. The SMILES string of the molecule is CCOc1cc(-c2c(-c3nncn3C)cnn2C)cc(N2Cc3c(cccc3C(F)(F)F)C2=O)c1. The van der Waals surface area contributed by atoms with Gasteiger partial charge in [-0.2, -0.15) is 18.3 Å². The number of fused-ring (bicyclic) bond motifs is 1. The molecule has 0 saturated carbocycles. The number of carbonyl (C=O) groups excluding carboxylic acids is 1. The molecule has 2 aromatic carbocycles. The van der Waals surface area contributed by atoms with Crippen molar-refractivity contribution in [3.63, 3.8) is 0 Å². The number of alkyl halides is 3. The summed E-state index contributed by atoms with van der Waals surface area (Å²) in [7, 11) is 3.58. The molecule has 3 heterocycles. The van der Waals surface area contributed by atoms with Crippen LogP contribution < -0.4 is 9.64 Å². The Kier molecular flexibility index (Phi) is 5.34. The minimum atomic E-state index is -4.56. The van der Waals surface area contributed by atoms with Crippen molar-refractivity contribution in [2.24, 2.45) is 14.1 Å². The van der Waals surface area contributed by atoms with E-state index < -0.39 is 17.6 Å². The van der Waals surface area contributed by atoms with Crippen LogP contribution in [0.15, 0.2) is 48.9 Å². The number of amides is 1. The van der Waals surface area contributed by atoms with Gasteiger partial charge in [-0.3, -0.25) is 9.48 Å². The van der Waals surface area contributed by atoms with Crippen molar-refractivity contribution < 1.29 is 22.7 Å². The van der Waals surface area contributed by atoms with Crippen molar-refractivity contribution in [3.8, 4) is 28.4 Å². The molecule has 0 aliphatic carbocycles. The molecule has 0 unspecified atom stereocenters. The summed E-state index contributed by atoms with van der Waals surface area (Å²) in [6.07, 6.45) is -1.31. The number of halogens is 3. The molecule has 2 aromatic heterocycles. The molecule has 0 fully saturated rings. The third-order valence-corrected chi connectivity index (χ3v) is 5.95. The number of anilines is 1. The Bertz CT molecular complexity index is 1440. The molecule has 8 nitrogen and oxygen atoms in total. The van der Waals surface area contributed by atoms with E-state index in [-0.39, 0.29) is 17.7 Å². The molecule has 0 bridgehead atoms. The van der Waals surface area contributed by atoms with E-state index in [0.29, 0.717) is 40.7 Å². The Morgan fingerprint density at radius 1 is 1.11 bits per heavy atom. The molecule has 11 heteroatoms. The van der Waals surface area contributed by atoms with Crippen LogP contribution in [0.1, 0.15) is 28.4 Å². The van der Waals surface area contributed by atoms with Gasteiger partial charge >= 0.3 is 6.18 Å². The third-order valence-electron chi connectivity index (χ3n) is 5.95.